The molecule has 0 amide bonds. The van der Waals surface area contributed by atoms with Crippen molar-refractivity contribution in [1.82, 2.24) is 9.97 Å². The second-order valence-corrected chi connectivity index (χ2v) is 3.74. The molecule has 0 saturated carbocycles. The molecule has 0 aliphatic carbocycles. The predicted molar refractivity (Wildman–Crippen MR) is 53.1 cm³/mol. The number of anilines is 1. The molecule has 1 aliphatic rings. The topological polar surface area (TPSA) is 29.0 Å². The van der Waals surface area contributed by atoms with Gasteiger partial charge in [0.1, 0.15) is 0 Å². The lowest BCUT2D eigenvalue weighted by Crippen LogP contribution is -2.36. The molecule has 0 bridgehead atoms. The maximum absolute atomic E-state index is 12.7. The second-order valence-electron chi connectivity index (χ2n) is 3.74. The number of aryl methyl sites for hydroxylation is 1. The Labute approximate surface area is 87.1 Å². The molecule has 0 unspecified atom stereocenters. The molecule has 3 nitrogen and oxygen atoms in total. The zero-order chi connectivity index (χ0) is 10.8. The van der Waals surface area contributed by atoms with Crippen LogP contribution in [0.15, 0.2) is 12.3 Å². The van der Waals surface area contributed by atoms with Gasteiger partial charge >= 0.3 is 0 Å². The van der Waals surface area contributed by atoms with Crippen LogP contribution in [0.5, 0.6) is 0 Å². The molecule has 1 aromatic rings. The van der Waals surface area contributed by atoms with Crippen LogP contribution in [0, 0.1) is 6.92 Å². The molecule has 82 valence electrons. The van der Waals surface area contributed by atoms with Crippen LogP contribution >= 0.6 is 0 Å². The Morgan fingerprint density at radius 2 is 2.33 bits per heavy atom. The summed E-state index contributed by atoms with van der Waals surface area (Å²) in [4.78, 5) is 9.81. The molecule has 1 atom stereocenters. The van der Waals surface area contributed by atoms with Gasteiger partial charge in [-0.15, -0.1) is 0 Å². The largest absolute Gasteiger partial charge is 0.332 e. The Morgan fingerprint density at radius 1 is 1.53 bits per heavy atom. The first kappa shape index (κ1) is 10.3. The lowest BCUT2D eigenvalue weighted by Gasteiger charge is -2.23. The standard InChI is InChI=1S/C10H13F2N3/c1-7-4-5-13-10(14-7)15-6-2-3-8(15)9(11)12/h4-5,8-9H,2-3,6H2,1H3/t8-/m1/s1. The van der Waals surface area contributed by atoms with Crippen molar-refractivity contribution >= 4 is 5.95 Å². The van der Waals surface area contributed by atoms with E-state index in [1.807, 2.05) is 6.92 Å². The molecule has 15 heavy (non-hydrogen) atoms. The molecule has 0 spiro atoms. The first-order valence-electron chi connectivity index (χ1n) is 5.03. The lowest BCUT2D eigenvalue weighted by molar-refractivity contribution is 0.117. The van der Waals surface area contributed by atoms with Crippen molar-refractivity contribution in [3.05, 3.63) is 18.0 Å². The van der Waals surface area contributed by atoms with Crippen molar-refractivity contribution in [3.63, 3.8) is 0 Å². The van der Waals surface area contributed by atoms with E-state index < -0.39 is 12.5 Å². The van der Waals surface area contributed by atoms with E-state index in [9.17, 15) is 8.78 Å². The molecule has 1 aliphatic heterocycles. The van der Waals surface area contributed by atoms with Crippen molar-refractivity contribution in [3.8, 4) is 0 Å². The maximum atomic E-state index is 12.7. The molecule has 1 fully saturated rings. The van der Waals surface area contributed by atoms with Gasteiger partial charge in [0.2, 0.25) is 5.95 Å². The molecule has 0 aromatic carbocycles. The van der Waals surface area contributed by atoms with Crippen LogP contribution in [-0.2, 0) is 0 Å². The maximum Gasteiger partial charge on any atom is 0.258 e. The SMILES string of the molecule is Cc1ccnc(N2CCC[C@@H]2C(F)F)n1. The third kappa shape index (κ3) is 2.06. The van der Waals surface area contributed by atoms with Gasteiger partial charge in [0.25, 0.3) is 6.43 Å². The van der Waals surface area contributed by atoms with Gasteiger partial charge in [0.05, 0.1) is 6.04 Å². The molecule has 0 radical (unpaired) electrons. The highest BCUT2D eigenvalue weighted by atomic mass is 19.3. The van der Waals surface area contributed by atoms with E-state index in [2.05, 4.69) is 9.97 Å². The smallest absolute Gasteiger partial charge is 0.258 e. The summed E-state index contributed by atoms with van der Waals surface area (Å²) in [6.45, 7) is 2.46. The average molecular weight is 213 g/mol. The van der Waals surface area contributed by atoms with Crippen LogP contribution in [-0.4, -0.2) is 29.0 Å². The van der Waals surface area contributed by atoms with Crippen LogP contribution in [0.4, 0.5) is 14.7 Å². The van der Waals surface area contributed by atoms with Gasteiger partial charge in [-0.2, -0.15) is 0 Å². The number of hydrogen-bond donors (Lipinski definition) is 0. The normalized spacial score (nSPS) is 21.3. The molecule has 1 aromatic heterocycles. The summed E-state index contributed by atoms with van der Waals surface area (Å²) in [6, 6.07) is 1.04. The van der Waals surface area contributed by atoms with Crippen molar-refractivity contribution < 1.29 is 8.78 Å². The molecule has 1 saturated heterocycles. The first-order chi connectivity index (χ1) is 7.18. The van der Waals surface area contributed by atoms with Crippen molar-refractivity contribution in [2.45, 2.75) is 32.2 Å². The summed E-state index contributed by atoms with van der Waals surface area (Å²) in [5.41, 5.74) is 0.805. The number of hydrogen-bond acceptors (Lipinski definition) is 3. The van der Waals surface area contributed by atoms with Crippen LogP contribution in [0.1, 0.15) is 18.5 Å². The first-order valence-corrected chi connectivity index (χ1v) is 5.03. The van der Waals surface area contributed by atoms with Crippen LogP contribution < -0.4 is 4.90 Å². The fourth-order valence-corrected chi connectivity index (χ4v) is 1.88. The Bertz CT molecular complexity index is 343. The van der Waals surface area contributed by atoms with Gasteiger partial charge in [0, 0.05) is 18.4 Å². The number of alkyl halides is 2. The number of rotatable bonds is 2. The van der Waals surface area contributed by atoms with E-state index in [1.54, 1.807) is 17.2 Å². The monoisotopic (exact) mass is 213 g/mol. The minimum absolute atomic E-state index is 0.429. The van der Waals surface area contributed by atoms with E-state index in [1.165, 1.54) is 0 Å². The second kappa shape index (κ2) is 4.08. The zero-order valence-corrected chi connectivity index (χ0v) is 8.53. The van der Waals surface area contributed by atoms with Gasteiger partial charge in [-0.3, -0.25) is 0 Å². The Hall–Kier alpha value is -1.26. The number of nitrogens with zero attached hydrogens (tertiary/aromatic N) is 3. The van der Waals surface area contributed by atoms with Gasteiger partial charge in [-0.25, -0.2) is 18.7 Å². The van der Waals surface area contributed by atoms with E-state index in [0.29, 0.717) is 18.9 Å². The van der Waals surface area contributed by atoms with E-state index in [-0.39, 0.29) is 0 Å². The highest BCUT2D eigenvalue weighted by Crippen LogP contribution is 2.26. The molecular weight excluding hydrogens is 200 g/mol. The summed E-state index contributed by atoms with van der Waals surface area (Å²) >= 11 is 0. The summed E-state index contributed by atoms with van der Waals surface area (Å²) < 4.78 is 25.4. The molecule has 2 heterocycles. The highest BCUT2D eigenvalue weighted by molar-refractivity contribution is 5.34. The summed E-state index contributed by atoms with van der Waals surface area (Å²) in [6.07, 6.45) is 0.594. The average Bonchev–Trinajstić information content (AvgIpc) is 2.65. The lowest BCUT2D eigenvalue weighted by atomic mass is 10.2. The predicted octanol–water partition coefficient (Wildman–Crippen LogP) is 2.02. The molecular formula is C10H13F2N3. The van der Waals surface area contributed by atoms with Crippen molar-refractivity contribution in [2.75, 3.05) is 11.4 Å². The van der Waals surface area contributed by atoms with Gasteiger partial charge in [-0.1, -0.05) is 0 Å². The minimum atomic E-state index is -2.32. The van der Waals surface area contributed by atoms with Crippen LogP contribution in [0.2, 0.25) is 0 Å². The van der Waals surface area contributed by atoms with E-state index in [0.717, 1.165) is 12.1 Å². The third-order valence-electron chi connectivity index (χ3n) is 2.63. The van der Waals surface area contributed by atoms with E-state index in [4.69, 9.17) is 0 Å². The fraction of sp³-hybridized carbons (Fsp3) is 0.600. The number of aromatic nitrogens is 2. The Balaban J connectivity index is 2.22. The summed E-state index contributed by atoms with van der Waals surface area (Å²) in [5.74, 6) is 0.429. The van der Waals surface area contributed by atoms with Gasteiger partial charge < -0.3 is 4.90 Å². The van der Waals surface area contributed by atoms with E-state index >= 15 is 0 Å². The molecule has 0 N–H and O–H groups in total. The molecule has 5 heteroatoms. The fourth-order valence-electron chi connectivity index (χ4n) is 1.88. The quantitative estimate of drug-likeness (QED) is 0.752. The third-order valence-corrected chi connectivity index (χ3v) is 2.63. The highest BCUT2D eigenvalue weighted by Gasteiger charge is 2.33. The van der Waals surface area contributed by atoms with Crippen LogP contribution in [0.25, 0.3) is 0 Å². The van der Waals surface area contributed by atoms with Gasteiger partial charge in [-0.05, 0) is 25.8 Å². The van der Waals surface area contributed by atoms with Crippen molar-refractivity contribution in [1.29, 1.82) is 0 Å². The summed E-state index contributed by atoms with van der Waals surface area (Å²) in [7, 11) is 0. The Kier molecular flexibility index (Phi) is 2.79. The van der Waals surface area contributed by atoms with Gasteiger partial charge in [0.15, 0.2) is 0 Å². The van der Waals surface area contributed by atoms with Crippen molar-refractivity contribution in [2.24, 2.45) is 0 Å². The Morgan fingerprint density at radius 3 is 3.00 bits per heavy atom. The minimum Gasteiger partial charge on any atom is -0.332 e. The number of halogens is 2. The van der Waals surface area contributed by atoms with Crippen LogP contribution in [0.3, 0.4) is 0 Å². The molecule has 2 rings (SSSR count). The summed E-state index contributed by atoms with van der Waals surface area (Å²) in [5, 5.41) is 0. The zero-order valence-electron chi connectivity index (χ0n) is 8.53.